The molecule has 1 N–H and O–H groups in total. The molecule has 2 rings (SSSR count). The summed E-state index contributed by atoms with van der Waals surface area (Å²) in [4.78, 5) is 14.3. The minimum Gasteiger partial charge on any atom is -0.324 e. The maximum atomic E-state index is 12.1. The lowest BCUT2D eigenvalue weighted by Gasteiger charge is -2.34. The number of rotatable bonds is 3. The van der Waals surface area contributed by atoms with Crippen molar-refractivity contribution in [3.63, 3.8) is 0 Å². The van der Waals surface area contributed by atoms with E-state index in [1.807, 2.05) is 24.3 Å². The standard InChI is InChI=1S/C15H21BrN2O/c1-11-7-12(2)9-18(8-11)10-15(19)17-14-6-4-3-5-13(14)16/h3-6,11-12H,7-10H2,1-2H3,(H,17,19)/t11-,12-/m0/s1. The summed E-state index contributed by atoms with van der Waals surface area (Å²) in [7, 11) is 0. The predicted octanol–water partition coefficient (Wildman–Crippen LogP) is 3.37. The molecule has 3 nitrogen and oxygen atoms in total. The number of nitrogens with one attached hydrogen (secondary N) is 1. The summed E-state index contributed by atoms with van der Waals surface area (Å²) < 4.78 is 0.920. The largest absolute Gasteiger partial charge is 0.324 e. The van der Waals surface area contributed by atoms with Gasteiger partial charge in [0.1, 0.15) is 0 Å². The minimum atomic E-state index is 0.0631. The van der Waals surface area contributed by atoms with Crippen LogP contribution in [0.3, 0.4) is 0 Å². The third kappa shape index (κ3) is 4.32. The lowest BCUT2D eigenvalue weighted by atomic mass is 9.92. The van der Waals surface area contributed by atoms with E-state index < -0.39 is 0 Å². The van der Waals surface area contributed by atoms with Crippen molar-refractivity contribution >= 4 is 27.5 Å². The van der Waals surface area contributed by atoms with Gasteiger partial charge in [-0.1, -0.05) is 26.0 Å². The Labute approximate surface area is 123 Å². The van der Waals surface area contributed by atoms with Gasteiger partial charge in [-0.05, 0) is 46.3 Å². The second-order valence-corrected chi connectivity index (χ2v) is 6.52. The van der Waals surface area contributed by atoms with Gasteiger partial charge in [0.15, 0.2) is 0 Å². The smallest absolute Gasteiger partial charge is 0.238 e. The van der Waals surface area contributed by atoms with Crippen LogP contribution in [-0.4, -0.2) is 30.4 Å². The Morgan fingerprint density at radius 3 is 2.58 bits per heavy atom. The Bertz CT molecular complexity index is 440. The van der Waals surface area contributed by atoms with Crippen LogP contribution in [0, 0.1) is 11.8 Å². The molecule has 1 aromatic rings. The molecule has 1 aromatic carbocycles. The topological polar surface area (TPSA) is 32.3 Å². The first-order valence-electron chi connectivity index (χ1n) is 6.81. The highest BCUT2D eigenvalue weighted by Gasteiger charge is 2.23. The van der Waals surface area contributed by atoms with Crippen LogP contribution in [-0.2, 0) is 4.79 Å². The fourth-order valence-electron chi connectivity index (χ4n) is 2.88. The summed E-state index contributed by atoms with van der Waals surface area (Å²) in [6.45, 7) is 7.04. The van der Waals surface area contributed by atoms with E-state index in [9.17, 15) is 4.79 Å². The molecule has 1 aliphatic rings. The van der Waals surface area contributed by atoms with Crippen LogP contribution in [0.2, 0.25) is 0 Å². The average Bonchev–Trinajstić information content (AvgIpc) is 2.30. The van der Waals surface area contributed by atoms with E-state index >= 15 is 0 Å². The summed E-state index contributed by atoms with van der Waals surface area (Å²) in [5, 5.41) is 2.96. The van der Waals surface area contributed by atoms with Crippen LogP contribution >= 0.6 is 15.9 Å². The highest BCUT2D eigenvalue weighted by molar-refractivity contribution is 9.10. The Morgan fingerprint density at radius 2 is 1.95 bits per heavy atom. The minimum absolute atomic E-state index is 0.0631. The fraction of sp³-hybridized carbons (Fsp3) is 0.533. The van der Waals surface area contributed by atoms with Crippen molar-refractivity contribution in [2.24, 2.45) is 11.8 Å². The van der Waals surface area contributed by atoms with E-state index in [0.29, 0.717) is 18.4 Å². The van der Waals surface area contributed by atoms with Crippen LogP contribution in [0.5, 0.6) is 0 Å². The fourth-order valence-corrected chi connectivity index (χ4v) is 3.26. The van der Waals surface area contributed by atoms with Gasteiger partial charge in [0, 0.05) is 17.6 Å². The molecule has 2 atom stereocenters. The third-order valence-corrected chi connectivity index (χ3v) is 4.15. The number of piperidine rings is 1. The summed E-state index contributed by atoms with van der Waals surface area (Å²) in [5.41, 5.74) is 0.839. The van der Waals surface area contributed by atoms with Gasteiger partial charge in [-0.25, -0.2) is 0 Å². The highest BCUT2D eigenvalue weighted by atomic mass is 79.9. The van der Waals surface area contributed by atoms with E-state index in [1.54, 1.807) is 0 Å². The van der Waals surface area contributed by atoms with Crippen molar-refractivity contribution in [1.82, 2.24) is 4.90 Å². The molecule has 1 amide bonds. The second-order valence-electron chi connectivity index (χ2n) is 5.67. The van der Waals surface area contributed by atoms with Gasteiger partial charge in [0.05, 0.1) is 12.2 Å². The van der Waals surface area contributed by atoms with Gasteiger partial charge >= 0.3 is 0 Å². The maximum absolute atomic E-state index is 12.1. The molecule has 0 aliphatic carbocycles. The molecule has 0 radical (unpaired) electrons. The van der Waals surface area contributed by atoms with Gasteiger partial charge in [-0.3, -0.25) is 9.69 Å². The van der Waals surface area contributed by atoms with Crippen molar-refractivity contribution in [1.29, 1.82) is 0 Å². The summed E-state index contributed by atoms with van der Waals surface area (Å²) in [6.07, 6.45) is 1.27. The monoisotopic (exact) mass is 324 g/mol. The zero-order chi connectivity index (χ0) is 13.8. The number of hydrogen-bond donors (Lipinski definition) is 1. The number of likely N-dealkylation sites (tertiary alicyclic amines) is 1. The van der Waals surface area contributed by atoms with E-state index in [-0.39, 0.29) is 5.91 Å². The van der Waals surface area contributed by atoms with Crippen molar-refractivity contribution < 1.29 is 4.79 Å². The number of nitrogens with zero attached hydrogens (tertiary/aromatic N) is 1. The lowest BCUT2D eigenvalue weighted by Crippen LogP contribution is -2.42. The molecule has 19 heavy (non-hydrogen) atoms. The van der Waals surface area contributed by atoms with Crippen LogP contribution in [0.25, 0.3) is 0 Å². The molecule has 0 spiro atoms. The number of halogens is 1. The molecular formula is C15H21BrN2O. The molecule has 104 valence electrons. The highest BCUT2D eigenvalue weighted by Crippen LogP contribution is 2.22. The number of amides is 1. The maximum Gasteiger partial charge on any atom is 0.238 e. The number of hydrogen-bond acceptors (Lipinski definition) is 2. The SMILES string of the molecule is C[C@H]1C[C@H](C)CN(CC(=O)Nc2ccccc2Br)C1. The van der Waals surface area contributed by atoms with Gasteiger partial charge < -0.3 is 5.32 Å². The number of carbonyl (C=O) groups is 1. The Kier molecular flexibility index (Phi) is 4.99. The van der Waals surface area contributed by atoms with E-state index in [4.69, 9.17) is 0 Å². The zero-order valence-electron chi connectivity index (χ0n) is 11.5. The van der Waals surface area contributed by atoms with Gasteiger partial charge in [0.25, 0.3) is 0 Å². The first-order valence-corrected chi connectivity index (χ1v) is 7.60. The second kappa shape index (κ2) is 6.53. The Balaban J connectivity index is 1.89. The normalized spacial score (nSPS) is 24.2. The van der Waals surface area contributed by atoms with Crippen molar-refractivity contribution in [3.05, 3.63) is 28.7 Å². The summed E-state index contributed by atoms with van der Waals surface area (Å²) >= 11 is 3.44. The first-order chi connectivity index (χ1) is 9.04. The van der Waals surface area contributed by atoms with Gasteiger partial charge in [0.2, 0.25) is 5.91 Å². The number of para-hydroxylation sites is 1. The van der Waals surface area contributed by atoms with E-state index in [1.165, 1.54) is 6.42 Å². The molecular weight excluding hydrogens is 304 g/mol. The van der Waals surface area contributed by atoms with Crippen molar-refractivity contribution in [2.45, 2.75) is 20.3 Å². The molecule has 1 heterocycles. The number of anilines is 1. The van der Waals surface area contributed by atoms with E-state index in [0.717, 1.165) is 23.2 Å². The van der Waals surface area contributed by atoms with Gasteiger partial charge in [-0.2, -0.15) is 0 Å². The number of benzene rings is 1. The summed E-state index contributed by atoms with van der Waals surface area (Å²) in [5.74, 6) is 1.42. The molecule has 1 aliphatic heterocycles. The third-order valence-electron chi connectivity index (χ3n) is 3.46. The lowest BCUT2D eigenvalue weighted by molar-refractivity contribution is -0.117. The number of carbonyl (C=O) groups excluding carboxylic acids is 1. The zero-order valence-corrected chi connectivity index (χ0v) is 13.1. The van der Waals surface area contributed by atoms with Crippen molar-refractivity contribution in [3.8, 4) is 0 Å². The first kappa shape index (κ1) is 14.5. The van der Waals surface area contributed by atoms with Crippen LogP contribution in [0.1, 0.15) is 20.3 Å². The van der Waals surface area contributed by atoms with Crippen molar-refractivity contribution in [2.75, 3.05) is 25.0 Å². The Morgan fingerprint density at radius 1 is 1.32 bits per heavy atom. The molecule has 0 bridgehead atoms. The van der Waals surface area contributed by atoms with E-state index in [2.05, 4.69) is 40.0 Å². The quantitative estimate of drug-likeness (QED) is 0.924. The average molecular weight is 325 g/mol. The molecule has 0 aromatic heterocycles. The summed E-state index contributed by atoms with van der Waals surface area (Å²) in [6, 6.07) is 7.70. The van der Waals surface area contributed by atoms with Gasteiger partial charge in [-0.15, -0.1) is 0 Å². The molecule has 1 fully saturated rings. The molecule has 0 saturated carbocycles. The molecule has 0 unspecified atom stereocenters. The van der Waals surface area contributed by atoms with Crippen LogP contribution in [0.15, 0.2) is 28.7 Å². The predicted molar refractivity (Wildman–Crippen MR) is 82.2 cm³/mol. The van der Waals surface area contributed by atoms with Crippen LogP contribution in [0.4, 0.5) is 5.69 Å². The Hall–Kier alpha value is -0.870. The molecule has 1 saturated heterocycles. The van der Waals surface area contributed by atoms with Crippen LogP contribution < -0.4 is 5.32 Å². The molecule has 4 heteroatoms.